The molecule has 3 rings (SSSR count). The Morgan fingerprint density at radius 2 is 2.19 bits per heavy atom. The Morgan fingerprint density at radius 1 is 1.37 bits per heavy atom. The van der Waals surface area contributed by atoms with Crippen molar-refractivity contribution in [3.63, 3.8) is 0 Å². The predicted molar refractivity (Wildman–Crippen MR) is 103 cm³/mol. The lowest BCUT2D eigenvalue weighted by atomic mass is 10.1. The molecule has 2 aliphatic heterocycles. The molecule has 0 fully saturated rings. The van der Waals surface area contributed by atoms with Crippen molar-refractivity contribution in [3.05, 3.63) is 53.1 Å². The summed E-state index contributed by atoms with van der Waals surface area (Å²) in [7, 11) is 0. The van der Waals surface area contributed by atoms with Gasteiger partial charge in [-0.3, -0.25) is 9.89 Å². The fourth-order valence-corrected chi connectivity index (χ4v) is 2.97. The molecule has 7 N–H and O–H groups in total. The molecule has 2 amide bonds. The van der Waals surface area contributed by atoms with E-state index in [1.165, 1.54) is 11.0 Å². The van der Waals surface area contributed by atoms with Crippen LogP contribution in [-0.2, 0) is 6.54 Å². The van der Waals surface area contributed by atoms with E-state index < -0.39 is 0 Å². The number of hydrogen-bond acceptors (Lipinski definition) is 4. The van der Waals surface area contributed by atoms with Gasteiger partial charge in [0.05, 0.1) is 5.69 Å². The third-order valence-corrected chi connectivity index (χ3v) is 4.29. The van der Waals surface area contributed by atoms with Crippen LogP contribution in [-0.4, -0.2) is 31.2 Å². The highest BCUT2D eigenvalue weighted by Crippen LogP contribution is 2.25. The highest BCUT2D eigenvalue weighted by molar-refractivity contribution is 5.96. The summed E-state index contributed by atoms with van der Waals surface area (Å²) in [6.07, 6.45) is 4.21. The third kappa shape index (κ3) is 4.56. The van der Waals surface area contributed by atoms with E-state index in [1.807, 2.05) is 13.0 Å². The van der Waals surface area contributed by atoms with Gasteiger partial charge in [-0.15, -0.1) is 0 Å². The number of amides is 2. The van der Waals surface area contributed by atoms with Crippen LogP contribution < -0.4 is 32.3 Å². The van der Waals surface area contributed by atoms with Crippen LogP contribution in [0, 0.1) is 5.82 Å². The molecule has 0 radical (unpaired) electrons. The first-order chi connectivity index (χ1) is 12.9. The molecule has 2 aliphatic rings. The normalized spacial score (nSPS) is 18.2. The molecule has 0 aromatic heterocycles. The van der Waals surface area contributed by atoms with Gasteiger partial charge in [0, 0.05) is 36.1 Å². The van der Waals surface area contributed by atoms with Crippen LogP contribution in [0.1, 0.15) is 18.9 Å². The SMILES string of the molecule is CC1=CC2=CN(c3ccc(CNCCCN=C(N)N)c(F)c3)C(=O)NC2N1. The zero-order valence-electron chi connectivity index (χ0n) is 15.1. The number of carbonyl (C=O) groups is 1. The van der Waals surface area contributed by atoms with E-state index >= 15 is 0 Å². The summed E-state index contributed by atoms with van der Waals surface area (Å²) in [6, 6.07) is 4.48. The summed E-state index contributed by atoms with van der Waals surface area (Å²) >= 11 is 0. The van der Waals surface area contributed by atoms with Crippen molar-refractivity contribution in [1.29, 1.82) is 0 Å². The van der Waals surface area contributed by atoms with Crippen LogP contribution >= 0.6 is 0 Å². The second-order valence-electron chi connectivity index (χ2n) is 6.47. The largest absolute Gasteiger partial charge is 0.370 e. The second kappa shape index (κ2) is 8.09. The lowest BCUT2D eigenvalue weighted by Gasteiger charge is -2.29. The first-order valence-corrected chi connectivity index (χ1v) is 8.75. The van der Waals surface area contributed by atoms with Crippen molar-refractivity contribution in [2.24, 2.45) is 16.5 Å². The maximum Gasteiger partial charge on any atom is 0.327 e. The number of aliphatic imine (C=N–C) groups is 1. The third-order valence-electron chi connectivity index (χ3n) is 4.29. The van der Waals surface area contributed by atoms with Gasteiger partial charge in [-0.05, 0) is 38.1 Å². The number of guanidine groups is 1. The number of benzene rings is 1. The van der Waals surface area contributed by atoms with Crippen molar-refractivity contribution in [1.82, 2.24) is 16.0 Å². The second-order valence-corrected chi connectivity index (χ2v) is 6.47. The lowest BCUT2D eigenvalue weighted by Crippen LogP contribution is -2.51. The molecule has 8 nitrogen and oxygen atoms in total. The zero-order valence-corrected chi connectivity index (χ0v) is 15.1. The van der Waals surface area contributed by atoms with E-state index in [9.17, 15) is 9.18 Å². The first-order valence-electron chi connectivity index (χ1n) is 8.75. The Bertz CT molecular complexity index is 814. The maximum absolute atomic E-state index is 14.4. The van der Waals surface area contributed by atoms with E-state index in [-0.39, 0.29) is 24.0 Å². The van der Waals surface area contributed by atoms with Gasteiger partial charge < -0.3 is 27.4 Å². The minimum Gasteiger partial charge on any atom is -0.370 e. The minimum absolute atomic E-state index is 0.0682. The molecule has 1 aromatic rings. The molecule has 0 saturated heterocycles. The van der Waals surface area contributed by atoms with Gasteiger partial charge in [0.1, 0.15) is 12.0 Å². The van der Waals surface area contributed by atoms with Gasteiger partial charge in [-0.25, -0.2) is 9.18 Å². The number of fused-ring (bicyclic) bond motifs is 1. The molecule has 27 heavy (non-hydrogen) atoms. The summed E-state index contributed by atoms with van der Waals surface area (Å²) in [5.74, 6) is -0.299. The van der Waals surface area contributed by atoms with Crippen molar-refractivity contribution >= 4 is 17.7 Å². The Morgan fingerprint density at radius 3 is 2.93 bits per heavy atom. The molecule has 0 spiro atoms. The fraction of sp³-hybridized carbons (Fsp3) is 0.333. The standard InChI is InChI=1S/C18H24FN7O/c1-11-7-13-10-26(18(27)25-16(13)24-11)14-4-3-12(15(19)8-14)9-22-5-2-6-23-17(20)21/h3-4,7-8,10,16,22,24H,2,5-6,9H2,1H3,(H,25,27)(H4,20,21,23). The van der Waals surface area contributed by atoms with Crippen molar-refractivity contribution < 1.29 is 9.18 Å². The molecule has 144 valence electrons. The zero-order chi connectivity index (χ0) is 19.4. The molecule has 0 aliphatic carbocycles. The van der Waals surface area contributed by atoms with E-state index in [0.29, 0.717) is 30.9 Å². The number of rotatable bonds is 7. The quantitative estimate of drug-likeness (QED) is 0.275. The summed E-state index contributed by atoms with van der Waals surface area (Å²) in [5.41, 5.74) is 13.4. The van der Waals surface area contributed by atoms with Crippen molar-refractivity contribution in [3.8, 4) is 0 Å². The molecule has 1 unspecified atom stereocenters. The molecule has 0 bridgehead atoms. The average Bonchev–Trinajstić information content (AvgIpc) is 2.97. The summed E-state index contributed by atoms with van der Waals surface area (Å²) in [6.45, 7) is 3.50. The topological polar surface area (TPSA) is 121 Å². The monoisotopic (exact) mass is 373 g/mol. The number of halogens is 1. The molecule has 0 saturated carbocycles. The summed E-state index contributed by atoms with van der Waals surface area (Å²) < 4.78 is 14.4. The number of urea groups is 1. The van der Waals surface area contributed by atoms with Crippen molar-refractivity contribution in [2.75, 3.05) is 18.0 Å². The summed E-state index contributed by atoms with van der Waals surface area (Å²) in [4.78, 5) is 17.6. The molecule has 2 heterocycles. The molecular weight excluding hydrogens is 349 g/mol. The van der Waals surface area contributed by atoms with E-state index in [4.69, 9.17) is 11.5 Å². The van der Waals surface area contributed by atoms with Crippen LogP contribution in [0.25, 0.3) is 0 Å². The number of nitrogens with zero attached hydrogens (tertiary/aromatic N) is 2. The van der Waals surface area contributed by atoms with Gasteiger partial charge in [-0.2, -0.15) is 0 Å². The average molecular weight is 373 g/mol. The maximum atomic E-state index is 14.4. The Balaban J connectivity index is 1.61. The minimum atomic E-state index is -0.367. The number of nitrogens with one attached hydrogen (secondary N) is 3. The van der Waals surface area contributed by atoms with Crippen LogP contribution in [0.5, 0.6) is 0 Å². The van der Waals surface area contributed by atoms with Gasteiger partial charge in [0.2, 0.25) is 0 Å². The number of carbonyl (C=O) groups excluding carboxylic acids is 1. The number of anilines is 1. The predicted octanol–water partition coefficient (Wildman–Crippen LogP) is 0.825. The Labute approximate surface area is 157 Å². The first kappa shape index (κ1) is 18.7. The highest BCUT2D eigenvalue weighted by atomic mass is 19.1. The number of hydrogen-bond donors (Lipinski definition) is 5. The molecule has 1 atom stereocenters. The number of allylic oxidation sites excluding steroid dienone is 1. The molecular formula is C18H24FN7O. The van der Waals surface area contributed by atoms with Crippen LogP contribution in [0.4, 0.5) is 14.9 Å². The lowest BCUT2D eigenvalue weighted by molar-refractivity contribution is 0.243. The van der Waals surface area contributed by atoms with Crippen LogP contribution in [0.2, 0.25) is 0 Å². The van der Waals surface area contributed by atoms with Crippen molar-refractivity contribution in [2.45, 2.75) is 26.1 Å². The van der Waals surface area contributed by atoms with E-state index in [2.05, 4.69) is 20.9 Å². The Kier molecular flexibility index (Phi) is 5.60. The fourth-order valence-electron chi connectivity index (χ4n) is 2.97. The Hall–Kier alpha value is -3.07. The van der Waals surface area contributed by atoms with Crippen LogP contribution in [0.3, 0.4) is 0 Å². The van der Waals surface area contributed by atoms with Gasteiger partial charge >= 0.3 is 6.03 Å². The van der Waals surface area contributed by atoms with Crippen LogP contribution in [0.15, 0.2) is 46.7 Å². The van der Waals surface area contributed by atoms with E-state index in [0.717, 1.165) is 17.7 Å². The van der Waals surface area contributed by atoms with Gasteiger partial charge in [0.15, 0.2) is 5.96 Å². The van der Waals surface area contributed by atoms with E-state index in [1.54, 1.807) is 18.3 Å². The van der Waals surface area contributed by atoms with Gasteiger partial charge in [0.25, 0.3) is 0 Å². The molecule has 1 aromatic carbocycles. The smallest absolute Gasteiger partial charge is 0.327 e. The summed E-state index contributed by atoms with van der Waals surface area (Å²) in [5, 5.41) is 9.15. The number of nitrogens with two attached hydrogens (primary N) is 2. The highest BCUT2D eigenvalue weighted by Gasteiger charge is 2.29. The van der Waals surface area contributed by atoms with Gasteiger partial charge in [-0.1, -0.05) is 6.07 Å². The molecule has 9 heteroatoms.